The molecule has 0 saturated heterocycles. The zero-order valence-corrected chi connectivity index (χ0v) is 14.9. The molecule has 1 heterocycles. The van der Waals surface area contributed by atoms with E-state index in [0.717, 1.165) is 44.0 Å². The van der Waals surface area contributed by atoms with Gasteiger partial charge in [-0.25, -0.2) is 4.39 Å². The van der Waals surface area contributed by atoms with Crippen molar-refractivity contribution < 1.29 is 4.39 Å². The molecule has 1 fully saturated rings. The van der Waals surface area contributed by atoms with Crippen molar-refractivity contribution in [2.24, 2.45) is 4.99 Å². The Morgan fingerprint density at radius 1 is 1.33 bits per heavy atom. The maximum absolute atomic E-state index is 13.3. The smallest absolute Gasteiger partial charge is 0.191 e. The van der Waals surface area contributed by atoms with Gasteiger partial charge in [0.15, 0.2) is 5.96 Å². The summed E-state index contributed by atoms with van der Waals surface area (Å²) in [7, 11) is 0. The fourth-order valence-electron chi connectivity index (χ4n) is 3.28. The van der Waals surface area contributed by atoms with E-state index >= 15 is 0 Å². The van der Waals surface area contributed by atoms with E-state index < -0.39 is 0 Å². The quantitative estimate of drug-likeness (QED) is 0.731. The van der Waals surface area contributed by atoms with Crippen LogP contribution >= 0.6 is 35.6 Å². The predicted molar refractivity (Wildman–Crippen MR) is 95.3 cm³/mol. The van der Waals surface area contributed by atoms with E-state index in [-0.39, 0.29) is 35.2 Å². The molecule has 1 aromatic rings. The summed E-state index contributed by atoms with van der Waals surface area (Å²) < 4.78 is 13.3. The molecule has 0 aromatic heterocycles. The molecule has 1 saturated carbocycles. The van der Waals surface area contributed by atoms with Gasteiger partial charge in [-0.05, 0) is 30.5 Å². The van der Waals surface area contributed by atoms with Crippen LogP contribution in [0.15, 0.2) is 23.2 Å². The number of nitrogens with one attached hydrogen (secondary N) is 2. The largest absolute Gasteiger partial charge is 0.356 e. The zero-order chi connectivity index (χ0) is 14.0. The van der Waals surface area contributed by atoms with Crippen LogP contribution in [-0.2, 0) is 5.41 Å². The van der Waals surface area contributed by atoms with Crippen LogP contribution in [0.3, 0.4) is 0 Å². The Labute approximate surface area is 146 Å². The lowest BCUT2D eigenvalue weighted by molar-refractivity contribution is 0.432. The minimum atomic E-state index is -0.276. The highest BCUT2D eigenvalue weighted by Crippen LogP contribution is 2.43. The Hall–Kier alpha value is -0.560. The van der Waals surface area contributed by atoms with Crippen molar-refractivity contribution in [1.82, 2.24) is 10.6 Å². The highest BCUT2D eigenvalue weighted by atomic mass is 127. The highest BCUT2D eigenvalue weighted by Gasteiger charge is 2.37. The normalized spacial score (nSPS) is 19.6. The summed E-state index contributed by atoms with van der Waals surface area (Å²) in [5, 5.41) is 7.15. The van der Waals surface area contributed by atoms with E-state index in [1.54, 1.807) is 0 Å². The number of hydrogen-bond donors (Lipinski definition) is 2. The Balaban J connectivity index is 0.00000161. The maximum Gasteiger partial charge on any atom is 0.191 e. The first kappa shape index (κ1) is 16.8. The third-order valence-corrected chi connectivity index (χ3v) is 4.64. The molecule has 2 N–H and O–H groups in total. The number of aliphatic imine (C=N–C) groups is 1. The summed E-state index contributed by atoms with van der Waals surface area (Å²) in [6.45, 7) is 2.52. The van der Waals surface area contributed by atoms with Crippen LogP contribution in [0.25, 0.3) is 0 Å². The lowest BCUT2D eigenvalue weighted by Gasteiger charge is -2.31. The van der Waals surface area contributed by atoms with Gasteiger partial charge in [0.25, 0.3) is 0 Å². The van der Waals surface area contributed by atoms with Crippen molar-refractivity contribution in [2.75, 3.05) is 19.6 Å². The Kier molecular flexibility index (Phi) is 5.71. The van der Waals surface area contributed by atoms with E-state index in [4.69, 9.17) is 11.6 Å². The number of halogens is 3. The first-order valence-electron chi connectivity index (χ1n) is 7.17. The molecular formula is C15H20ClFIN3. The van der Waals surface area contributed by atoms with E-state index in [9.17, 15) is 4.39 Å². The lowest BCUT2D eigenvalue weighted by atomic mass is 9.78. The van der Waals surface area contributed by atoms with Crippen molar-refractivity contribution in [3.8, 4) is 0 Å². The van der Waals surface area contributed by atoms with Crippen molar-refractivity contribution >= 4 is 41.5 Å². The van der Waals surface area contributed by atoms with Crippen molar-refractivity contribution in [2.45, 2.75) is 31.1 Å². The molecule has 3 nitrogen and oxygen atoms in total. The summed E-state index contributed by atoms with van der Waals surface area (Å²) in [6.07, 6.45) is 4.54. The lowest BCUT2D eigenvalue weighted by Crippen LogP contribution is -2.43. The van der Waals surface area contributed by atoms with Crippen LogP contribution in [0, 0.1) is 5.82 Å². The van der Waals surface area contributed by atoms with Crippen LogP contribution in [0.4, 0.5) is 4.39 Å². The van der Waals surface area contributed by atoms with Gasteiger partial charge >= 0.3 is 0 Å². The molecule has 21 heavy (non-hydrogen) atoms. The van der Waals surface area contributed by atoms with Gasteiger partial charge in [-0.3, -0.25) is 4.99 Å². The van der Waals surface area contributed by atoms with Crippen LogP contribution in [0.1, 0.15) is 31.2 Å². The van der Waals surface area contributed by atoms with Gasteiger partial charge in [0, 0.05) is 23.5 Å². The highest BCUT2D eigenvalue weighted by molar-refractivity contribution is 14.0. The van der Waals surface area contributed by atoms with Gasteiger partial charge in [0.2, 0.25) is 0 Å². The third kappa shape index (κ3) is 3.62. The fraction of sp³-hybridized carbons (Fsp3) is 0.533. The summed E-state index contributed by atoms with van der Waals surface area (Å²) >= 11 is 6.28. The summed E-state index contributed by atoms with van der Waals surface area (Å²) in [5.74, 6) is 0.594. The average molecular weight is 424 g/mol. The van der Waals surface area contributed by atoms with Gasteiger partial charge in [-0.1, -0.05) is 30.5 Å². The van der Waals surface area contributed by atoms with Crippen molar-refractivity contribution in [3.05, 3.63) is 34.6 Å². The Morgan fingerprint density at radius 3 is 2.71 bits per heavy atom. The predicted octanol–water partition coefficient (Wildman–Crippen LogP) is 3.46. The standard InChI is InChI=1S/C15H19ClFN3.HI/c16-13-9-11(17)3-4-12(13)15(5-1-2-6-15)10-20-14-18-7-8-19-14;/h3-4,9H,1-2,5-8,10H2,(H2,18,19,20);1H. The molecule has 0 amide bonds. The maximum atomic E-state index is 13.3. The fourth-order valence-corrected chi connectivity index (χ4v) is 3.65. The third-order valence-electron chi connectivity index (χ3n) is 4.33. The molecule has 1 aromatic carbocycles. The molecule has 0 atom stereocenters. The van der Waals surface area contributed by atoms with E-state index in [1.807, 2.05) is 6.07 Å². The van der Waals surface area contributed by atoms with Crippen molar-refractivity contribution in [3.63, 3.8) is 0 Å². The monoisotopic (exact) mass is 423 g/mol. The van der Waals surface area contributed by atoms with Crippen LogP contribution in [0.5, 0.6) is 0 Å². The molecule has 6 heteroatoms. The van der Waals surface area contributed by atoms with Gasteiger partial charge in [0.05, 0.1) is 6.54 Å². The first-order valence-corrected chi connectivity index (χ1v) is 7.55. The van der Waals surface area contributed by atoms with Crippen LogP contribution in [0.2, 0.25) is 5.02 Å². The molecule has 0 unspecified atom stereocenters. The number of guanidine groups is 1. The van der Waals surface area contributed by atoms with Gasteiger partial charge in [-0.15, -0.1) is 24.0 Å². The average Bonchev–Trinajstić information content (AvgIpc) is 3.08. The second kappa shape index (κ2) is 7.13. The second-order valence-corrected chi connectivity index (χ2v) is 6.03. The Morgan fingerprint density at radius 2 is 2.10 bits per heavy atom. The van der Waals surface area contributed by atoms with Crippen LogP contribution in [-0.4, -0.2) is 25.6 Å². The summed E-state index contributed by atoms with van der Waals surface area (Å²) in [5.41, 5.74) is 1.06. The molecule has 2 aliphatic rings. The molecule has 3 rings (SSSR count). The van der Waals surface area contributed by atoms with E-state index in [0.29, 0.717) is 5.02 Å². The van der Waals surface area contributed by atoms with Gasteiger partial charge < -0.3 is 10.6 Å². The molecule has 0 spiro atoms. The summed E-state index contributed by atoms with van der Waals surface area (Å²) in [4.78, 5) is 4.36. The molecule has 1 aliphatic heterocycles. The number of rotatable bonds is 3. The summed E-state index contributed by atoms with van der Waals surface area (Å²) in [6, 6.07) is 4.77. The molecule has 0 radical (unpaired) electrons. The SMILES string of the molecule is Fc1ccc(C2(CNC3=NCCN3)CCCC2)c(Cl)c1.I. The van der Waals surface area contributed by atoms with Gasteiger partial charge in [-0.2, -0.15) is 0 Å². The van der Waals surface area contributed by atoms with Gasteiger partial charge in [0.1, 0.15) is 5.82 Å². The minimum Gasteiger partial charge on any atom is -0.356 e. The Bertz CT molecular complexity index is 530. The number of hydrogen-bond acceptors (Lipinski definition) is 3. The topological polar surface area (TPSA) is 36.4 Å². The molecule has 116 valence electrons. The van der Waals surface area contributed by atoms with Crippen LogP contribution < -0.4 is 10.6 Å². The molecule has 1 aliphatic carbocycles. The minimum absolute atomic E-state index is 0. The molecule has 0 bridgehead atoms. The first-order chi connectivity index (χ1) is 9.70. The number of benzene rings is 1. The van der Waals surface area contributed by atoms with E-state index in [1.165, 1.54) is 25.0 Å². The second-order valence-electron chi connectivity index (χ2n) is 5.62. The molecular weight excluding hydrogens is 404 g/mol. The van der Waals surface area contributed by atoms with E-state index in [2.05, 4.69) is 15.6 Å². The number of nitrogens with zero attached hydrogens (tertiary/aromatic N) is 1. The zero-order valence-electron chi connectivity index (χ0n) is 11.8. The van der Waals surface area contributed by atoms with Crippen molar-refractivity contribution in [1.29, 1.82) is 0 Å².